The number of benzene rings is 1. The first-order chi connectivity index (χ1) is 11.1. The fourth-order valence-electron chi connectivity index (χ4n) is 2.71. The number of hydrogen-bond acceptors (Lipinski definition) is 1. The summed E-state index contributed by atoms with van der Waals surface area (Å²) in [6.45, 7) is 8.82. The summed E-state index contributed by atoms with van der Waals surface area (Å²) in [5.41, 5.74) is 5.24. The number of hydrogen-bond donors (Lipinski definition) is 2. The Morgan fingerprint density at radius 3 is 2.43 bits per heavy atom. The average molecular weight is 312 g/mol. The van der Waals surface area contributed by atoms with Gasteiger partial charge >= 0.3 is 0 Å². The lowest BCUT2D eigenvalue weighted by atomic mass is 10.1. The summed E-state index contributed by atoms with van der Waals surface area (Å²) in [7, 11) is 2.03. The van der Waals surface area contributed by atoms with Gasteiger partial charge < -0.3 is 15.2 Å². The standard InChI is InChI=1S/C19H28N4/c1-5-20-19(22-13-18-7-9-23(4)14-18)21-8-6-17-11-15(2)10-16(3)12-17/h7,9-12,14H,5-6,8,13H2,1-4H3,(H2,20,21,22). The number of guanidine groups is 1. The van der Waals surface area contributed by atoms with Crippen molar-refractivity contribution in [2.75, 3.05) is 13.1 Å². The minimum Gasteiger partial charge on any atom is -0.357 e. The van der Waals surface area contributed by atoms with Crippen LogP contribution in [0.5, 0.6) is 0 Å². The molecule has 0 amide bonds. The maximum absolute atomic E-state index is 4.64. The van der Waals surface area contributed by atoms with Gasteiger partial charge in [-0.15, -0.1) is 0 Å². The first-order valence-electron chi connectivity index (χ1n) is 8.27. The van der Waals surface area contributed by atoms with Crippen molar-refractivity contribution in [2.24, 2.45) is 12.0 Å². The summed E-state index contributed by atoms with van der Waals surface area (Å²) in [6, 6.07) is 8.82. The molecule has 0 aliphatic heterocycles. The number of nitrogens with one attached hydrogen (secondary N) is 2. The van der Waals surface area contributed by atoms with Gasteiger partial charge in [-0.2, -0.15) is 0 Å². The molecule has 2 N–H and O–H groups in total. The lowest BCUT2D eigenvalue weighted by Gasteiger charge is -2.11. The largest absolute Gasteiger partial charge is 0.357 e. The van der Waals surface area contributed by atoms with Crippen LogP contribution < -0.4 is 10.6 Å². The lowest BCUT2D eigenvalue weighted by molar-refractivity contribution is 0.798. The van der Waals surface area contributed by atoms with Crippen molar-refractivity contribution < 1.29 is 0 Å². The molecule has 0 fully saturated rings. The van der Waals surface area contributed by atoms with E-state index in [4.69, 9.17) is 0 Å². The van der Waals surface area contributed by atoms with Crippen molar-refractivity contribution in [1.29, 1.82) is 0 Å². The van der Waals surface area contributed by atoms with E-state index >= 15 is 0 Å². The van der Waals surface area contributed by atoms with Gasteiger partial charge in [-0.3, -0.25) is 0 Å². The zero-order chi connectivity index (χ0) is 16.7. The Bertz CT molecular complexity index is 635. The van der Waals surface area contributed by atoms with Gasteiger partial charge in [0.15, 0.2) is 5.96 Å². The van der Waals surface area contributed by atoms with E-state index in [1.165, 1.54) is 22.3 Å². The average Bonchev–Trinajstić information content (AvgIpc) is 2.89. The molecule has 0 radical (unpaired) electrons. The highest BCUT2D eigenvalue weighted by Gasteiger charge is 2.00. The van der Waals surface area contributed by atoms with Crippen LogP contribution in [0, 0.1) is 13.8 Å². The highest BCUT2D eigenvalue weighted by atomic mass is 15.2. The van der Waals surface area contributed by atoms with E-state index in [1.807, 2.05) is 17.8 Å². The zero-order valence-corrected chi connectivity index (χ0v) is 14.7. The molecule has 1 heterocycles. The lowest BCUT2D eigenvalue weighted by Crippen LogP contribution is -2.38. The Hall–Kier alpha value is -2.23. The third-order valence-corrected chi connectivity index (χ3v) is 3.64. The molecule has 0 aliphatic carbocycles. The predicted octanol–water partition coefficient (Wildman–Crippen LogP) is 2.94. The normalized spacial score (nSPS) is 11.6. The highest BCUT2D eigenvalue weighted by Crippen LogP contribution is 2.09. The molecule has 2 rings (SSSR count). The molecular formula is C19H28N4. The summed E-state index contributed by atoms with van der Waals surface area (Å²) in [4.78, 5) is 4.64. The van der Waals surface area contributed by atoms with Crippen LogP contribution in [0.15, 0.2) is 41.7 Å². The van der Waals surface area contributed by atoms with Gasteiger partial charge in [0.2, 0.25) is 0 Å². The molecule has 4 nitrogen and oxygen atoms in total. The van der Waals surface area contributed by atoms with Gasteiger partial charge in [0, 0.05) is 32.5 Å². The predicted molar refractivity (Wildman–Crippen MR) is 97.9 cm³/mol. The number of nitrogens with zero attached hydrogens (tertiary/aromatic N) is 2. The molecule has 0 spiro atoms. The van der Waals surface area contributed by atoms with Crippen molar-refractivity contribution >= 4 is 5.96 Å². The quantitative estimate of drug-likeness (QED) is 0.636. The van der Waals surface area contributed by atoms with Crippen LogP contribution in [0.1, 0.15) is 29.2 Å². The summed E-state index contributed by atoms with van der Waals surface area (Å²) >= 11 is 0. The topological polar surface area (TPSA) is 41.4 Å². The van der Waals surface area contributed by atoms with Crippen LogP contribution in [0.2, 0.25) is 0 Å². The van der Waals surface area contributed by atoms with Crippen molar-refractivity contribution in [3.8, 4) is 0 Å². The third kappa shape index (κ3) is 5.81. The van der Waals surface area contributed by atoms with Crippen molar-refractivity contribution in [2.45, 2.75) is 33.7 Å². The Kier molecular flexibility index (Phi) is 6.27. The number of aryl methyl sites for hydroxylation is 3. The molecular weight excluding hydrogens is 284 g/mol. The van der Waals surface area contributed by atoms with E-state index in [0.29, 0.717) is 6.54 Å². The Morgan fingerprint density at radius 2 is 1.83 bits per heavy atom. The molecule has 0 bridgehead atoms. The highest BCUT2D eigenvalue weighted by molar-refractivity contribution is 5.79. The van der Waals surface area contributed by atoms with E-state index < -0.39 is 0 Å². The van der Waals surface area contributed by atoms with E-state index in [-0.39, 0.29) is 0 Å². The number of rotatable bonds is 6. The summed E-state index contributed by atoms with van der Waals surface area (Å²) in [5, 5.41) is 6.72. The SMILES string of the molecule is CCNC(=NCc1ccn(C)c1)NCCc1cc(C)cc(C)c1. The van der Waals surface area contributed by atoms with Gasteiger partial charge in [0.1, 0.15) is 0 Å². The smallest absolute Gasteiger partial charge is 0.191 e. The maximum atomic E-state index is 4.64. The van der Waals surface area contributed by atoms with Crippen molar-refractivity contribution in [1.82, 2.24) is 15.2 Å². The van der Waals surface area contributed by atoms with E-state index in [1.54, 1.807) is 0 Å². The molecule has 0 aliphatic rings. The molecule has 0 unspecified atom stereocenters. The van der Waals surface area contributed by atoms with Gasteiger partial charge in [-0.05, 0) is 44.4 Å². The molecule has 0 saturated heterocycles. The molecule has 0 saturated carbocycles. The number of aliphatic imine (C=N–C) groups is 1. The van der Waals surface area contributed by atoms with Crippen LogP contribution in [0.4, 0.5) is 0 Å². The second-order valence-corrected chi connectivity index (χ2v) is 6.05. The van der Waals surface area contributed by atoms with Crippen molar-refractivity contribution in [3.05, 3.63) is 58.9 Å². The first kappa shape index (κ1) is 17.1. The molecule has 1 aromatic heterocycles. The van der Waals surface area contributed by atoms with Gasteiger partial charge in [0.05, 0.1) is 6.54 Å². The van der Waals surface area contributed by atoms with Gasteiger partial charge in [-0.25, -0.2) is 4.99 Å². The van der Waals surface area contributed by atoms with Gasteiger partial charge in [0.25, 0.3) is 0 Å². The molecule has 124 valence electrons. The third-order valence-electron chi connectivity index (χ3n) is 3.64. The first-order valence-corrected chi connectivity index (χ1v) is 8.27. The Labute approximate surface area is 139 Å². The Morgan fingerprint density at radius 1 is 1.09 bits per heavy atom. The molecule has 2 aromatic rings. The van der Waals surface area contributed by atoms with E-state index in [2.05, 4.69) is 66.9 Å². The van der Waals surface area contributed by atoms with Crippen LogP contribution in [0.3, 0.4) is 0 Å². The maximum Gasteiger partial charge on any atom is 0.191 e. The summed E-state index contributed by atoms with van der Waals surface area (Å²) in [5.74, 6) is 0.876. The van der Waals surface area contributed by atoms with E-state index in [0.717, 1.165) is 25.5 Å². The zero-order valence-electron chi connectivity index (χ0n) is 14.7. The monoisotopic (exact) mass is 312 g/mol. The van der Waals surface area contributed by atoms with Crippen LogP contribution >= 0.6 is 0 Å². The minimum atomic E-state index is 0.694. The summed E-state index contributed by atoms with van der Waals surface area (Å²) < 4.78 is 2.05. The molecule has 4 heteroatoms. The molecule has 0 atom stereocenters. The Balaban J connectivity index is 1.88. The van der Waals surface area contributed by atoms with Crippen LogP contribution in [0.25, 0.3) is 0 Å². The fraction of sp³-hybridized carbons (Fsp3) is 0.421. The molecule has 23 heavy (non-hydrogen) atoms. The van der Waals surface area contributed by atoms with Crippen LogP contribution in [-0.4, -0.2) is 23.6 Å². The second-order valence-electron chi connectivity index (χ2n) is 6.05. The van der Waals surface area contributed by atoms with Crippen LogP contribution in [-0.2, 0) is 20.0 Å². The van der Waals surface area contributed by atoms with Crippen molar-refractivity contribution in [3.63, 3.8) is 0 Å². The minimum absolute atomic E-state index is 0.694. The van der Waals surface area contributed by atoms with Gasteiger partial charge in [-0.1, -0.05) is 29.3 Å². The number of aromatic nitrogens is 1. The summed E-state index contributed by atoms with van der Waals surface area (Å²) in [6.07, 6.45) is 5.14. The fourth-order valence-corrected chi connectivity index (χ4v) is 2.71. The van der Waals surface area contributed by atoms with E-state index in [9.17, 15) is 0 Å². The molecule has 1 aromatic carbocycles. The second kappa shape index (κ2) is 8.42.